The van der Waals surface area contributed by atoms with Crippen LogP contribution in [-0.4, -0.2) is 69.8 Å². The predicted molar refractivity (Wildman–Crippen MR) is 83.2 cm³/mol. The first-order chi connectivity index (χ1) is 11.2. The number of aryl methyl sites for hydroxylation is 1. The summed E-state index contributed by atoms with van der Waals surface area (Å²) in [5, 5.41) is 8.34. The molecule has 0 saturated carbocycles. The van der Waals surface area contributed by atoms with E-state index in [1.54, 1.807) is 6.20 Å². The maximum atomic E-state index is 12.4. The topological polar surface area (TPSA) is 75.9 Å². The van der Waals surface area contributed by atoms with Crippen LogP contribution >= 0.6 is 0 Å². The first-order valence-corrected chi connectivity index (χ1v) is 8.02. The molecule has 1 amide bonds. The Hall–Kier alpha value is -2.22. The van der Waals surface area contributed by atoms with Crippen LogP contribution in [0.15, 0.2) is 12.4 Å². The Bertz CT molecular complexity index is 716. The highest BCUT2D eigenvalue weighted by Gasteiger charge is 2.30. The first-order valence-electron chi connectivity index (χ1n) is 8.02. The summed E-state index contributed by atoms with van der Waals surface area (Å²) in [6, 6.07) is 0. The highest BCUT2D eigenvalue weighted by atomic mass is 16.5. The Morgan fingerprint density at radius 2 is 2.09 bits per heavy atom. The second kappa shape index (κ2) is 5.77. The van der Waals surface area contributed by atoms with Crippen molar-refractivity contribution in [1.29, 1.82) is 0 Å². The molecule has 0 aromatic carbocycles. The third-order valence-electron chi connectivity index (χ3n) is 4.65. The lowest BCUT2D eigenvalue weighted by molar-refractivity contribution is -0.135. The Balaban J connectivity index is 1.47. The van der Waals surface area contributed by atoms with Crippen molar-refractivity contribution in [1.82, 2.24) is 24.5 Å². The second-order valence-electron chi connectivity index (χ2n) is 6.06. The van der Waals surface area contributed by atoms with Gasteiger partial charge in [-0.25, -0.2) is 4.98 Å². The molecule has 0 unspecified atom stereocenters. The average Bonchev–Trinajstić information content (AvgIpc) is 3.25. The molecule has 2 saturated heterocycles. The first kappa shape index (κ1) is 14.4. The summed E-state index contributed by atoms with van der Waals surface area (Å²) in [7, 11) is 0. The van der Waals surface area contributed by atoms with E-state index < -0.39 is 0 Å². The lowest BCUT2D eigenvalue weighted by atomic mass is 10.1. The van der Waals surface area contributed by atoms with Gasteiger partial charge in [0.05, 0.1) is 12.5 Å². The number of hydrogen-bond acceptors (Lipinski definition) is 6. The van der Waals surface area contributed by atoms with Gasteiger partial charge in [0, 0.05) is 45.2 Å². The molecule has 8 nitrogen and oxygen atoms in total. The minimum Gasteiger partial charge on any atom is -0.381 e. The number of ether oxygens (including phenoxy) is 1. The number of rotatable bonds is 2. The molecule has 23 heavy (non-hydrogen) atoms. The average molecular weight is 316 g/mol. The molecule has 2 aliphatic heterocycles. The number of nitrogens with zero attached hydrogens (tertiary/aromatic N) is 6. The summed E-state index contributed by atoms with van der Waals surface area (Å²) >= 11 is 0. The molecule has 2 aromatic rings. The molecular weight excluding hydrogens is 296 g/mol. The SMILES string of the molecule is Cc1nnc2c(N3CCN(C(=O)[C@@H]4CCOC4)CC3)nccn12. The van der Waals surface area contributed by atoms with Gasteiger partial charge >= 0.3 is 0 Å². The molecule has 0 radical (unpaired) electrons. The molecule has 1 atom stereocenters. The smallest absolute Gasteiger partial charge is 0.228 e. The minimum atomic E-state index is 0.0438. The van der Waals surface area contributed by atoms with E-state index in [0.717, 1.165) is 36.8 Å². The normalized spacial score (nSPS) is 22.0. The van der Waals surface area contributed by atoms with Gasteiger partial charge < -0.3 is 14.5 Å². The maximum absolute atomic E-state index is 12.4. The molecule has 4 rings (SSSR count). The molecule has 2 aliphatic rings. The largest absolute Gasteiger partial charge is 0.381 e. The molecule has 0 N–H and O–H groups in total. The number of piperazine rings is 1. The highest BCUT2D eigenvalue weighted by Crippen LogP contribution is 2.21. The van der Waals surface area contributed by atoms with Gasteiger partial charge in [0.2, 0.25) is 11.6 Å². The quantitative estimate of drug-likeness (QED) is 0.783. The van der Waals surface area contributed by atoms with E-state index in [-0.39, 0.29) is 11.8 Å². The lowest BCUT2D eigenvalue weighted by Crippen LogP contribution is -2.50. The van der Waals surface area contributed by atoms with E-state index in [4.69, 9.17) is 4.74 Å². The predicted octanol–water partition coefficient (Wildman–Crippen LogP) is 0.118. The summed E-state index contributed by atoms with van der Waals surface area (Å²) in [6.07, 6.45) is 4.49. The van der Waals surface area contributed by atoms with Crippen LogP contribution in [0.3, 0.4) is 0 Å². The molecule has 2 fully saturated rings. The van der Waals surface area contributed by atoms with Gasteiger partial charge in [-0.2, -0.15) is 0 Å². The van der Waals surface area contributed by atoms with Crippen LogP contribution in [0.5, 0.6) is 0 Å². The van der Waals surface area contributed by atoms with Crippen molar-refractivity contribution in [2.75, 3.05) is 44.3 Å². The zero-order valence-corrected chi connectivity index (χ0v) is 13.2. The van der Waals surface area contributed by atoms with Crippen LogP contribution in [-0.2, 0) is 9.53 Å². The third kappa shape index (κ3) is 2.52. The fourth-order valence-corrected chi connectivity index (χ4v) is 3.28. The zero-order chi connectivity index (χ0) is 15.8. The molecule has 0 spiro atoms. The number of aromatic nitrogens is 4. The Labute approximate surface area is 134 Å². The van der Waals surface area contributed by atoms with E-state index >= 15 is 0 Å². The van der Waals surface area contributed by atoms with Gasteiger partial charge in [-0.3, -0.25) is 9.20 Å². The standard InChI is InChI=1S/C15H20N6O2/c1-11-17-18-14-13(16-3-4-21(11)14)19-5-7-20(8-6-19)15(22)12-2-9-23-10-12/h3-4,12H,2,5-10H2,1H3/t12-/m1/s1. The van der Waals surface area contributed by atoms with Gasteiger partial charge in [0.25, 0.3) is 0 Å². The van der Waals surface area contributed by atoms with Crippen molar-refractivity contribution < 1.29 is 9.53 Å². The van der Waals surface area contributed by atoms with Crippen LogP contribution in [0.1, 0.15) is 12.2 Å². The molecule has 0 aliphatic carbocycles. The van der Waals surface area contributed by atoms with Gasteiger partial charge in [0.15, 0.2) is 5.82 Å². The number of fused-ring (bicyclic) bond motifs is 1. The molecule has 8 heteroatoms. The second-order valence-corrected chi connectivity index (χ2v) is 6.06. The molecule has 122 valence electrons. The monoisotopic (exact) mass is 316 g/mol. The fraction of sp³-hybridized carbons (Fsp3) is 0.600. The molecular formula is C15H20N6O2. The van der Waals surface area contributed by atoms with Crippen molar-refractivity contribution in [2.24, 2.45) is 5.92 Å². The Kier molecular flexibility index (Phi) is 3.60. The van der Waals surface area contributed by atoms with E-state index in [1.165, 1.54) is 0 Å². The summed E-state index contributed by atoms with van der Waals surface area (Å²) in [6.45, 7) is 6.14. The molecule has 4 heterocycles. The van der Waals surface area contributed by atoms with Crippen molar-refractivity contribution in [3.8, 4) is 0 Å². The van der Waals surface area contributed by atoms with Gasteiger partial charge in [0.1, 0.15) is 5.82 Å². The third-order valence-corrected chi connectivity index (χ3v) is 4.65. The van der Waals surface area contributed by atoms with Crippen LogP contribution in [0, 0.1) is 12.8 Å². The van der Waals surface area contributed by atoms with Crippen LogP contribution in [0.4, 0.5) is 5.82 Å². The van der Waals surface area contributed by atoms with Crippen LogP contribution in [0.2, 0.25) is 0 Å². The summed E-state index contributed by atoms with van der Waals surface area (Å²) in [4.78, 5) is 21.0. The zero-order valence-electron chi connectivity index (χ0n) is 13.2. The van der Waals surface area contributed by atoms with E-state index in [9.17, 15) is 4.79 Å². The van der Waals surface area contributed by atoms with Gasteiger partial charge in [-0.05, 0) is 13.3 Å². The van der Waals surface area contributed by atoms with Crippen LogP contribution in [0.25, 0.3) is 5.65 Å². The van der Waals surface area contributed by atoms with Crippen LogP contribution < -0.4 is 4.90 Å². The van der Waals surface area contributed by atoms with Crippen molar-refractivity contribution in [3.05, 3.63) is 18.2 Å². The van der Waals surface area contributed by atoms with E-state index in [0.29, 0.717) is 26.3 Å². The fourth-order valence-electron chi connectivity index (χ4n) is 3.28. The lowest BCUT2D eigenvalue weighted by Gasteiger charge is -2.36. The number of amides is 1. The van der Waals surface area contributed by atoms with Gasteiger partial charge in [-0.15, -0.1) is 10.2 Å². The number of carbonyl (C=O) groups excluding carboxylic acids is 1. The summed E-state index contributed by atoms with van der Waals surface area (Å²) in [5.41, 5.74) is 0.772. The molecule has 2 aromatic heterocycles. The Morgan fingerprint density at radius 3 is 2.83 bits per heavy atom. The maximum Gasteiger partial charge on any atom is 0.228 e. The highest BCUT2D eigenvalue weighted by molar-refractivity contribution is 5.79. The minimum absolute atomic E-state index is 0.0438. The number of anilines is 1. The van der Waals surface area contributed by atoms with E-state index in [2.05, 4.69) is 20.1 Å². The molecule has 0 bridgehead atoms. The van der Waals surface area contributed by atoms with E-state index in [1.807, 2.05) is 22.4 Å². The van der Waals surface area contributed by atoms with Crippen molar-refractivity contribution in [2.45, 2.75) is 13.3 Å². The van der Waals surface area contributed by atoms with Gasteiger partial charge in [-0.1, -0.05) is 0 Å². The number of hydrogen-bond donors (Lipinski definition) is 0. The summed E-state index contributed by atoms with van der Waals surface area (Å²) in [5.74, 6) is 1.96. The summed E-state index contributed by atoms with van der Waals surface area (Å²) < 4.78 is 7.26. The Morgan fingerprint density at radius 1 is 1.26 bits per heavy atom. The van der Waals surface area contributed by atoms with Crippen molar-refractivity contribution in [3.63, 3.8) is 0 Å². The van der Waals surface area contributed by atoms with Crippen molar-refractivity contribution >= 4 is 17.4 Å². The number of carbonyl (C=O) groups is 1.